The van der Waals surface area contributed by atoms with E-state index in [2.05, 4.69) is 0 Å². The van der Waals surface area contributed by atoms with Crippen LogP contribution in [0, 0.1) is 10.1 Å². The van der Waals surface area contributed by atoms with Crippen molar-refractivity contribution in [3.63, 3.8) is 0 Å². The Kier molecular flexibility index (Phi) is 4.53. The molecule has 2 aromatic carbocycles. The van der Waals surface area contributed by atoms with Gasteiger partial charge in [0, 0.05) is 17.7 Å². The lowest BCUT2D eigenvalue weighted by Gasteiger charge is -2.06. The van der Waals surface area contributed by atoms with Crippen LogP contribution < -0.4 is 9.47 Å². The molecule has 0 saturated heterocycles. The lowest BCUT2D eigenvalue weighted by molar-refractivity contribution is -0.384. The lowest BCUT2D eigenvalue weighted by atomic mass is 10.1. The number of carbonyl (C=O) groups excluding carboxylic acids is 2. The minimum Gasteiger partial charge on any atom is -0.454 e. The first-order chi connectivity index (χ1) is 12.0. The summed E-state index contributed by atoms with van der Waals surface area (Å²) in [5, 5.41) is 10.8. The number of hydrogen-bond donors (Lipinski definition) is 0. The van der Waals surface area contributed by atoms with Crippen LogP contribution in [-0.4, -0.2) is 30.1 Å². The Morgan fingerprint density at radius 3 is 2.68 bits per heavy atom. The number of esters is 1. The molecule has 0 spiro atoms. The van der Waals surface area contributed by atoms with E-state index in [9.17, 15) is 19.7 Å². The Labute approximate surface area is 146 Å². The van der Waals surface area contributed by atoms with Crippen LogP contribution in [0.5, 0.6) is 11.5 Å². The quantitative estimate of drug-likeness (QED) is 0.348. The van der Waals surface area contributed by atoms with Crippen molar-refractivity contribution in [2.75, 3.05) is 13.4 Å². The largest absolute Gasteiger partial charge is 0.454 e. The molecule has 1 heterocycles. The van der Waals surface area contributed by atoms with Gasteiger partial charge < -0.3 is 14.2 Å². The van der Waals surface area contributed by atoms with Gasteiger partial charge in [0.2, 0.25) is 6.79 Å². The van der Waals surface area contributed by atoms with Gasteiger partial charge in [0.1, 0.15) is 0 Å². The Hall–Kier alpha value is -3.13. The molecule has 0 unspecified atom stereocenters. The van der Waals surface area contributed by atoms with Gasteiger partial charge in [0.05, 0.1) is 15.5 Å². The maximum absolute atomic E-state index is 12.1. The number of ether oxygens (including phenoxy) is 3. The molecule has 0 bridgehead atoms. The van der Waals surface area contributed by atoms with E-state index in [0.29, 0.717) is 11.5 Å². The van der Waals surface area contributed by atoms with Gasteiger partial charge in [-0.15, -0.1) is 0 Å². The Morgan fingerprint density at radius 2 is 1.92 bits per heavy atom. The first-order valence-electron chi connectivity index (χ1n) is 6.99. The topological polar surface area (TPSA) is 105 Å². The Morgan fingerprint density at radius 1 is 1.16 bits per heavy atom. The zero-order chi connectivity index (χ0) is 18.0. The van der Waals surface area contributed by atoms with Crippen LogP contribution in [0.3, 0.4) is 0 Å². The number of carbonyl (C=O) groups is 2. The van der Waals surface area contributed by atoms with Crippen LogP contribution >= 0.6 is 11.6 Å². The van der Waals surface area contributed by atoms with Gasteiger partial charge in [-0.05, 0) is 24.3 Å². The number of benzene rings is 2. The van der Waals surface area contributed by atoms with Crippen molar-refractivity contribution in [2.24, 2.45) is 0 Å². The summed E-state index contributed by atoms with van der Waals surface area (Å²) in [5.74, 6) is -0.438. The fraction of sp³-hybridized carbons (Fsp3) is 0.125. The highest BCUT2D eigenvalue weighted by Gasteiger charge is 2.20. The fourth-order valence-corrected chi connectivity index (χ4v) is 2.34. The molecule has 0 fully saturated rings. The second-order valence-corrected chi connectivity index (χ2v) is 5.40. The summed E-state index contributed by atoms with van der Waals surface area (Å²) < 4.78 is 15.2. The zero-order valence-electron chi connectivity index (χ0n) is 12.6. The number of halogens is 1. The maximum Gasteiger partial charge on any atom is 0.340 e. The van der Waals surface area contributed by atoms with Crippen molar-refractivity contribution >= 4 is 29.0 Å². The van der Waals surface area contributed by atoms with Crippen molar-refractivity contribution in [2.45, 2.75) is 0 Å². The fourth-order valence-electron chi connectivity index (χ4n) is 2.15. The summed E-state index contributed by atoms with van der Waals surface area (Å²) >= 11 is 5.85. The zero-order valence-corrected chi connectivity index (χ0v) is 13.3. The van der Waals surface area contributed by atoms with Crippen molar-refractivity contribution in [3.8, 4) is 11.5 Å². The monoisotopic (exact) mass is 363 g/mol. The van der Waals surface area contributed by atoms with Gasteiger partial charge >= 0.3 is 5.97 Å². The molecule has 2 aromatic rings. The van der Waals surface area contributed by atoms with Gasteiger partial charge in [-0.1, -0.05) is 11.6 Å². The van der Waals surface area contributed by atoms with Crippen LogP contribution in [0.1, 0.15) is 20.7 Å². The van der Waals surface area contributed by atoms with Crippen molar-refractivity contribution in [1.29, 1.82) is 0 Å². The Bertz CT molecular complexity index is 881. The first-order valence-corrected chi connectivity index (χ1v) is 7.37. The average molecular weight is 364 g/mol. The van der Waals surface area contributed by atoms with E-state index in [4.69, 9.17) is 25.8 Å². The highest BCUT2D eigenvalue weighted by Crippen LogP contribution is 2.32. The molecule has 0 aromatic heterocycles. The van der Waals surface area contributed by atoms with E-state index in [1.165, 1.54) is 18.2 Å². The summed E-state index contributed by atoms with van der Waals surface area (Å²) in [4.78, 5) is 34.3. The van der Waals surface area contributed by atoms with Gasteiger partial charge in [0.25, 0.3) is 5.69 Å². The van der Waals surface area contributed by atoms with E-state index in [0.717, 1.165) is 12.1 Å². The summed E-state index contributed by atoms with van der Waals surface area (Å²) in [7, 11) is 0. The van der Waals surface area contributed by atoms with Crippen LogP contribution in [0.15, 0.2) is 36.4 Å². The van der Waals surface area contributed by atoms with Crippen LogP contribution in [-0.2, 0) is 4.74 Å². The molecule has 1 aliphatic heterocycles. The number of ketones is 1. The highest BCUT2D eigenvalue weighted by molar-refractivity contribution is 6.33. The van der Waals surface area contributed by atoms with E-state index >= 15 is 0 Å². The Balaban J connectivity index is 1.69. The number of nitrogens with zero attached hydrogens (tertiary/aromatic N) is 1. The van der Waals surface area contributed by atoms with Crippen LogP contribution in [0.25, 0.3) is 0 Å². The normalized spacial score (nSPS) is 11.9. The molecule has 9 heteroatoms. The van der Waals surface area contributed by atoms with Crippen molar-refractivity contribution in [1.82, 2.24) is 0 Å². The van der Waals surface area contributed by atoms with E-state index < -0.39 is 23.3 Å². The first kappa shape index (κ1) is 16.7. The molecule has 0 saturated carbocycles. The molecule has 1 aliphatic rings. The lowest BCUT2D eigenvalue weighted by Crippen LogP contribution is -2.14. The number of rotatable bonds is 5. The minimum absolute atomic E-state index is 0.00821. The predicted molar refractivity (Wildman–Crippen MR) is 85.3 cm³/mol. The van der Waals surface area contributed by atoms with Crippen LogP contribution in [0.4, 0.5) is 5.69 Å². The molecule has 0 N–H and O–H groups in total. The number of Topliss-reactive ketones (excluding diaryl/α,β-unsaturated/α-hetero) is 1. The second-order valence-electron chi connectivity index (χ2n) is 4.99. The van der Waals surface area contributed by atoms with E-state index in [1.54, 1.807) is 6.07 Å². The SMILES string of the molecule is O=C(COC(=O)c1cc([N+](=O)[O-])ccc1Cl)c1ccc2c(c1)OCO2. The molecule has 0 aliphatic carbocycles. The van der Waals surface area contributed by atoms with Gasteiger partial charge in [-0.2, -0.15) is 0 Å². The standard InChI is InChI=1S/C16H10ClNO7/c17-12-3-2-10(18(21)22)6-11(12)16(20)23-7-13(19)9-1-4-14-15(5-9)25-8-24-14/h1-6H,7-8H2. The summed E-state index contributed by atoms with van der Waals surface area (Å²) in [5.41, 5.74) is -0.213. The summed E-state index contributed by atoms with van der Waals surface area (Å²) in [6.45, 7) is -0.468. The summed E-state index contributed by atoms with van der Waals surface area (Å²) in [6, 6.07) is 7.96. The molecule has 0 radical (unpaired) electrons. The number of hydrogen-bond acceptors (Lipinski definition) is 7. The van der Waals surface area contributed by atoms with Gasteiger partial charge in [-0.3, -0.25) is 14.9 Å². The average Bonchev–Trinajstić information content (AvgIpc) is 3.07. The number of nitro groups is 1. The summed E-state index contributed by atoms with van der Waals surface area (Å²) in [6.07, 6.45) is 0. The van der Waals surface area contributed by atoms with Gasteiger partial charge in [0.15, 0.2) is 23.9 Å². The minimum atomic E-state index is -0.928. The second kappa shape index (κ2) is 6.78. The number of non-ortho nitro benzene ring substituents is 1. The van der Waals surface area contributed by atoms with Crippen molar-refractivity contribution < 1.29 is 28.7 Å². The molecule has 0 atom stereocenters. The molecular formula is C16H10ClNO7. The molecular weight excluding hydrogens is 354 g/mol. The number of nitro benzene ring substituents is 1. The van der Waals surface area contributed by atoms with Crippen LogP contribution in [0.2, 0.25) is 5.02 Å². The third-order valence-electron chi connectivity index (χ3n) is 3.41. The predicted octanol–water partition coefficient (Wildman–Crippen LogP) is 3.02. The van der Waals surface area contributed by atoms with Crippen molar-refractivity contribution in [3.05, 3.63) is 62.7 Å². The highest BCUT2D eigenvalue weighted by atomic mass is 35.5. The smallest absolute Gasteiger partial charge is 0.340 e. The van der Waals surface area contributed by atoms with E-state index in [-0.39, 0.29) is 28.6 Å². The molecule has 0 amide bonds. The number of fused-ring (bicyclic) bond motifs is 1. The molecule has 3 rings (SSSR count). The molecule has 128 valence electrons. The van der Waals surface area contributed by atoms with E-state index in [1.807, 2.05) is 0 Å². The third kappa shape index (κ3) is 3.53. The third-order valence-corrected chi connectivity index (χ3v) is 3.74. The molecule has 25 heavy (non-hydrogen) atoms. The maximum atomic E-state index is 12.1. The van der Waals surface area contributed by atoms with Gasteiger partial charge in [-0.25, -0.2) is 4.79 Å². The molecule has 8 nitrogen and oxygen atoms in total.